The molecule has 0 radical (unpaired) electrons. The number of benzene rings is 18. The second kappa shape index (κ2) is 26.8. The number of thiophene rings is 2. The third-order valence-corrected chi connectivity index (χ3v) is 28.1. The first kappa shape index (κ1) is 69.0. The van der Waals surface area contributed by atoms with Crippen LogP contribution in [-0.2, 0) is 16.2 Å². The summed E-state index contributed by atoms with van der Waals surface area (Å²) in [5, 5.41) is 5.15. The van der Waals surface area contributed by atoms with Crippen molar-refractivity contribution in [3.63, 3.8) is 0 Å². The number of rotatable bonds is 9. The standard InChI is InChI=1S/C58H39NOS.C55H35NOS/c1-57(2)45-23-9-6-19-38(45)40-32-31-37(33-49(40)57)59(36-17-4-3-5-18-36)51-27-13-8-21-41(51)42-22-16-30-54-56(42)44-34-43-39-20-7-10-24-46(39)58(50(43)35-55(44)61-54)47-25-11-14-28-52(47)60-53-29-15-12-26-48(53)58;1-3-16-36(17-4-1)37-30-32-39(33-31-37)56(38-18-5-2-6-19-38)49-26-12-8-21-41(49)42-22-15-29-52-54(42)44-34-43-40-20-7-9-23-45(40)55(48(43)35-53(44)58-52)46-24-10-13-27-50(46)57-51-28-14-11-25-47(51)55/h3-35H,1-2H3;1-35H. The van der Waals surface area contributed by atoms with Crippen LogP contribution < -0.4 is 19.3 Å². The molecule has 560 valence electrons. The van der Waals surface area contributed by atoms with Crippen LogP contribution in [0.2, 0.25) is 0 Å². The van der Waals surface area contributed by atoms with E-state index in [-0.39, 0.29) is 5.41 Å². The van der Waals surface area contributed by atoms with Gasteiger partial charge >= 0.3 is 0 Å². The molecule has 0 unspecified atom stereocenters. The first-order valence-corrected chi connectivity index (χ1v) is 42.6. The minimum Gasteiger partial charge on any atom is -0.457 e. The maximum atomic E-state index is 6.63. The summed E-state index contributed by atoms with van der Waals surface area (Å²) in [4.78, 5) is 4.86. The molecule has 3 aliphatic carbocycles. The maximum absolute atomic E-state index is 6.63. The molecule has 4 nitrogen and oxygen atoms in total. The van der Waals surface area contributed by atoms with E-state index in [1.54, 1.807) is 0 Å². The zero-order valence-electron chi connectivity index (χ0n) is 65.3. The van der Waals surface area contributed by atoms with Crippen LogP contribution in [0.1, 0.15) is 69.5 Å². The van der Waals surface area contributed by atoms with E-state index >= 15 is 0 Å². The molecule has 18 aromatic carbocycles. The van der Waals surface area contributed by atoms with E-state index in [1.165, 1.54) is 163 Å². The zero-order chi connectivity index (χ0) is 78.7. The van der Waals surface area contributed by atoms with Crippen molar-refractivity contribution in [1.82, 2.24) is 0 Å². The Hall–Kier alpha value is -14.4. The van der Waals surface area contributed by atoms with Gasteiger partial charge in [-0.25, -0.2) is 0 Å². The summed E-state index contributed by atoms with van der Waals surface area (Å²) < 4.78 is 18.4. The highest BCUT2D eigenvalue weighted by molar-refractivity contribution is 7.26. The summed E-state index contributed by atoms with van der Waals surface area (Å²) in [6, 6.07) is 151. The summed E-state index contributed by atoms with van der Waals surface area (Å²) in [6.45, 7) is 4.72. The Bertz CT molecular complexity index is 7450. The fraction of sp³-hybridized carbons (Fsp3) is 0.0442. The number of nitrogens with zero attached hydrogens (tertiary/aromatic N) is 2. The Morgan fingerprint density at radius 1 is 0.210 bits per heavy atom. The Kier molecular flexibility index (Phi) is 15.5. The van der Waals surface area contributed by atoms with Crippen LogP contribution in [0, 0.1) is 0 Å². The number of fused-ring (bicyclic) bond motifs is 27. The molecule has 0 bridgehead atoms. The molecule has 2 aliphatic heterocycles. The molecule has 0 atom stereocenters. The Balaban J connectivity index is 0.000000136. The highest BCUT2D eigenvalue weighted by atomic mass is 32.1. The van der Waals surface area contributed by atoms with Crippen molar-refractivity contribution in [2.45, 2.75) is 30.1 Å². The average Bonchev–Trinajstić information content (AvgIpc) is 1.55. The lowest BCUT2D eigenvalue weighted by Crippen LogP contribution is -2.32. The molecular formula is C113H74N2O2S2. The third kappa shape index (κ3) is 10.2. The smallest absolute Gasteiger partial charge is 0.132 e. The molecule has 2 spiro atoms. The monoisotopic (exact) mass is 1550 g/mol. The molecule has 119 heavy (non-hydrogen) atoms. The lowest BCUT2D eigenvalue weighted by molar-refractivity contribution is 0.436. The van der Waals surface area contributed by atoms with Crippen LogP contribution in [0.4, 0.5) is 34.1 Å². The topological polar surface area (TPSA) is 24.9 Å². The van der Waals surface area contributed by atoms with E-state index in [9.17, 15) is 0 Å². The molecule has 0 N–H and O–H groups in total. The van der Waals surface area contributed by atoms with Gasteiger partial charge in [-0.15, -0.1) is 22.7 Å². The van der Waals surface area contributed by atoms with Gasteiger partial charge in [0.05, 0.1) is 22.2 Å². The summed E-state index contributed by atoms with van der Waals surface area (Å²) in [7, 11) is 0. The van der Waals surface area contributed by atoms with E-state index in [0.29, 0.717) is 0 Å². The lowest BCUT2D eigenvalue weighted by atomic mass is 9.66. The molecule has 0 amide bonds. The summed E-state index contributed by atoms with van der Waals surface area (Å²) in [5.74, 6) is 3.66. The van der Waals surface area contributed by atoms with Gasteiger partial charge in [-0.2, -0.15) is 0 Å². The molecule has 4 heterocycles. The van der Waals surface area contributed by atoms with Crippen molar-refractivity contribution in [2.24, 2.45) is 0 Å². The van der Waals surface area contributed by atoms with Gasteiger partial charge in [-0.05, 0) is 210 Å². The van der Waals surface area contributed by atoms with E-state index in [0.717, 1.165) is 57.1 Å². The fourth-order valence-corrected chi connectivity index (χ4v) is 23.2. The van der Waals surface area contributed by atoms with Crippen molar-refractivity contribution in [1.29, 1.82) is 0 Å². The predicted octanol–water partition coefficient (Wildman–Crippen LogP) is 31.3. The molecular weight excluding hydrogens is 1480 g/mol. The molecule has 25 rings (SSSR count). The Labute approximate surface area is 699 Å². The van der Waals surface area contributed by atoms with Gasteiger partial charge in [-0.1, -0.05) is 305 Å². The minimum absolute atomic E-state index is 0.114. The van der Waals surface area contributed by atoms with Crippen LogP contribution in [0.5, 0.6) is 23.0 Å². The van der Waals surface area contributed by atoms with Crippen molar-refractivity contribution in [2.75, 3.05) is 9.80 Å². The SMILES string of the molecule is CC1(C)c2ccccc2-c2ccc(N(c3ccccc3)c3ccccc3-c3cccc4sc5cc6c(cc5c34)-c3ccccc3C63c4ccccc4Oc4ccccc43)cc21.c1ccc(-c2ccc(N(c3ccccc3)c3ccccc3-c3cccc4sc5cc6c(cc5c34)-c3ccccc3C63c4ccccc4Oc4ccccc43)cc2)cc1. The molecule has 0 saturated carbocycles. The van der Waals surface area contributed by atoms with Gasteiger partial charge in [0, 0.05) is 102 Å². The van der Waals surface area contributed by atoms with Gasteiger partial charge in [-0.3, -0.25) is 0 Å². The zero-order valence-corrected chi connectivity index (χ0v) is 66.9. The average molecular weight is 1560 g/mol. The van der Waals surface area contributed by atoms with Crippen LogP contribution in [0.25, 0.3) is 107 Å². The molecule has 0 saturated heterocycles. The van der Waals surface area contributed by atoms with Gasteiger partial charge < -0.3 is 19.3 Å². The van der Waals surface area contributed by atoms with Gasteiger partial charge in [0.25, 0.3) is 0 Å². The Morgan fingerprint density at radius 2 is 0.538 bits per heavy atom. The largest absolute Gasteiger partial charge is 0.457 e. The highest BCUT2D eigenvalue weighted by Crippen LogP contribution is 2.66. The molecule has 6 heteroatoms. The number of hydrogen-bond donors (Lipinski definition) is 0. The first-order chi connectivity index (χ1) is 58.8. The van der Waals surface area contributed by atoms with E-state index in [4.69, 9.17) is 9.47 Å². The van der Waals surface area contributed by atoms with E-state index < -0.39 is 10.8 Å². The summed E-state index contributed by atoms with van der Waals surface area (Å²) in [6.07, 6.45) is 0. The van der Waals surface area contributed by atoms with Crippen molar-refractivity contribution in [3.8, 4) is 89.8 Å². The normalized spacial score (nSPS) is 13.8. The van der Waals surface area contributed by atoms with E-state index in [1.807, 2.05) is 22.7 Å². The highest BCUT2D eigenvalue weighted by Gasteiger charge is 2.53. The number of ether oxygens (including phenoxy) is 2. The lowest BCUT2D eigenvalue weighted by Gasteiger charge is -2.39. The molecule has 0 fully saturated rings. The number of anilines is 6. The van der Waals surface area contributed by atoms with Crippen molar-refractivity contribution < 1.29 is 9.47 Å². The Morgan fingerprint density at radius 3 is 0.992 bits per heavy atom. The third-order valence-electron chi connectivity index (χ3n) is 25.9. The van der Waals surface area contributed by atoms with Crippen LogP contribution in [-0.4, -0.2) is 0 Å². The second-order valence-electron chi connectivity index (χ2n) is 32.3. The number of hydrogen-bond acceptors (Lipinski definition) is 6. The van der Waals surface area contributed by atoms with Crippen molar-refractivity contribution >= 4 is 97.1 Å². The van der Waals surface area contributed by atoms with Gasteiger partial charge in [0.15, 0.2) is 0 Å². The van der Waals surface area contributed by atoms with Crippen LogP contribution >= 0.6 is 22.7 Å². The van der Waals surface area contributed by atoms with Crippen LogP contribution in [0.3, 0.4) is 0 Å². The van der Waals surface area contributed by atoms with Crippen LogP contribution in [0.15, 0.2) is 413 Å². The predicted molar refractivity (Wildman–Crippen MR) is 497 cm³/mol. The van der Waals surface area contributed by atoms with E-state index in [2.05, 4.69) is 436 Å². The van der Waals surface area contributed by atoms with Crippen molar-refractivity contribution in [3.05, 3.63) is 468 Å². The molecule has 20 aromatic rings. The first-order valence-electron chi connectivity index (χ1n) is 41.0. The minimum atomic E-state index is -0.501. The quantitative estimate of drug-likeness (QED) is 0.144. The fourth-order valence-electron chi connectivity index (χ4n) is 20.9. The molecule has 2 aromatic heterocycles. The molecule has 5 aliphatic rings. The summed E-state index contributed by atoms with van der Waals surface area (Å²) >= 11 is 3.78. The maximum Gasteiger partial charge on any atom is 0.132 e. The summed E-state index contributed by atoms with van der Waals surface area (Å²) in [5.41, 5.74) is 33.4. The van der Waals surface area contributed by atoms with Gasteiger partial charge in [0.2, 0.25) is 0 Å². The van der Waals surface area contributed by atoms with Gasteiger partial charge in [0.1, 0.15) is 23.0 Å². The second-order valence-corrected chi connectivity index (χ2v) is 34.5. The number of para-hydroxylation sites is 8.